The molecule has 0 saturated heterocycles. The molecule has 1 aromatic carbocycles. The Bertz CT molecular complexity index is 396. The minimum Gasteiger partial charge on any atom is -0.497 e. The predicted octanol–water partition coefficient (Wildman–Crippen LogP) is 2.44. The number of rotatable bonds is 10. The van der Waals surface area contributed by atoms with E-state index in [9.17, 15) is 5.11 Å². The second kappa shape index (κ2) is 9.77. The van der Waals surface area contributed by atoms with Crippen molar-refractivity contribution in [1.29, 1.82) is 0 Å². The summed E-state index contributed by atoms with van der Waals surface area (Å²) < 4.78 is 5.17. The van der Waals surface area contributed by atoms with Crippen LogP contribution in [0.3, 0.4) is 0 Å². The average Bonchev–Trinajstić information content (AvgIpc) is 2.50. The molecule has 120 valence electrons. The number of hydrogen-bond acceptors (Lipinski definition) is 4. The number of nitrogens with one attached hydrogen (secondary N) is 1. The van der Waals surface area contributed by atoms with E-state index in [-0.39, 0.29) is 0 Å². The maximum atomic E-state index is 10.1. The van der Waals surface area contributed by atoms with Gasteiger partial charge in [-0.1, -0.05) is 12.1 Å². The van der Waals surface area contributed by atoms with Crippen LogP contribution in [-0.4, -0.2) is 49.8 Å². The van der Waals surface area contributed by atoms with E-state index in [2.05, 4.69) is 31.1 Å². The third kappa shape index (κ3) is 6.93. The van der Waals surface area contributed by atoms with Gasteiger partial charge in [-0.05, 0) is 64.5 Å². The van der Waals surface area contributed by atoms with Gasteiger partial charge >= 0.3 is 0 Å². The molecule has 21 heavy (non-hydrogen) atoms. The Morgan fingerprint density at radius 1 is 1.29 bits per heavy atom. The highest BCUT2D eigenvalue weighted by molar-refractivity contribution is 5.29. The van der Waals surface area contributed by atoms with Crippen molar-refractivity contribution in [3.8, 4) is 5.75 Å². The van der Waals surface area contributed by atoms with E-state index in [0.717, 1.165) is 30.8 Å². The number of benzene rings is 1. The van der Waals surface area contributed by atoms with E-state index in [4.69, 9.17) is 4.74 Å². The molecule has 1 unspecified atom stereocenters. The second-order valence-electron chi connectivity index (χ2n) is 5.78. The fraction of sp³-hybridized carbons (Fsp3) is 0.647. The maximum absolute atomic E-state index is 10.1. The zero-order chi connectivity index (χ0) is 15.7. The monoisotopic (exact) mass is 294 g/mol. The molecule has 4 heteroatoms. The van der Waals surface area contributed by atoms with Crippen molar-refractivity contribution in [2.24, 2.45) is 0 Å². The van der Waals surface area contributed by atoms with Crippen LogP contribution >= 0.6 is 0 Å². The van der Waals surface area contributed by atoms with E-state index in [1.54, 1.807) is 7.11 Å². The van der Waals surface area contributed by atoms with Crippen molar-refractivity contribution in [3.63, 3.8) is 0 Å². The zero-order valence-electron chi connectivity index (χ0n) is 13.8. The molecule has 0 aliphatic rings. The van der Waals surface area contributed by atoms with E-state index in [0.29, 0.717) is 12.6 Å². The van der Waals surface area contributed by atoms with Gasteiger partial charge in [0.25, 0.3) is 0 Å². The lowest BCUT2D eigenvalue weighted by Crippen LogP contribution is -2.28. The van der Waals surface area contributed by atoms with Crippen molar-refractivity contribution in [3.05, 3.63) is 29.8 Å². The van der Waals surface area contributed by atoms with Gasteiger partial charge in [0.05, 0.1) is 13.2 Å². The van der Waals surface area contributed by atoms with Gasteiger partial charge in [-0.2, -0.15) is 0 Å². The zero-order valence-corrected chi connectivity index (χ0v) is 13.8. The SMILES string of the molecule is COc1cccc(C(O)CNCCCCN(C)C(C)C)c1. The first kappa shape index (κ1) is 18.0. The Labute approximate surface area is 129 Å². The molecule has 0 radical (unpaired) electrons. The maximum Gasteiger partial charge on any atom is 0.119 e. The quantitative estimate of drug-likeness (QED) is 0.651. The molecular formula is C17H30N2O2. The number of aliphatic hydroxyl groups is 1. The van der Waals surface area contributed by atoms with Crippen LogP contribution in [0.1, 0.15) is 38.4 Å². The highest BCUT2D eigenvalue weighted by Crippen LogP contribution is 2.18. The molecule has 4 nitrogen and oxygen atoms in total. The standard InChI is InChI=1S/C17H30N2O2/c1-14(2)19(3)11-6-5-10-18-13-17(20)15-8-7-9-16(12-15)21-4/h7-9,12,14,17-18,20H,5-6,10-11,13H2,1-4H3. The number of ether oxygens (including phenoxy) is 1. The van der Waals surface area contributed by atoms with Crippen LogP contribution in [-0.2, 0) is 0 Å². The Morgan fingerprint density at radius 2 is 2.05 bits per heavy atom. The van der Waals surface area contributed by atoms with Crippen molar-refractivity contribution < 1.29 is 9.84 Å². The normalized spacial score (nSPS) is 12.9. The summed E-state index contributed by atoms with van der Waals surface area (Å²) in [5, 5.41) is 13.4. The van der Waals surface area contributed by atoms with E-state index >= 15 is 0 Å². The van der Waals surface area contributed by atoms with Gasteiger partial charge in [0.1, 0.15) is 5.75 Å². The fourth-order valence-electron chi connectivity index (χ4n) is 2.07. The molecule has 1 atom stereocenters. The first-order valence-electron chi connectivity index (χ1n) is 7.77. The third-order valence-corrected chi connectivity index (χ3v) is 3.81. The van der Waals surface area contributed by atoms with Crippen LogP contribution in [0.15, 0.2) is 24.3 Å². The second-order valence-corrected chi connectivity index (χ2v) is 5.78. The molecule has 2 N–H and O–H groups in total. The van der Waals surface area contributed by atoms with Crippen LogP contribution in [0.2, 0.25) is 0 Å². The van der Waals surface area contributed by atoms with Crippen molar-refractivity contribution in [2.45, 2.75) is 38.8 Å². The Kier molecular flexibility index (Phi) is 8.35. The Balaban J connectivity index is 2.17. The van der Waals surface area contributed by atoms with Crippen molar-refractivity contribution in [2.75, 3.05) is 33.8 Å². The van der Waals surface area contributed by atoms with Gasteiger partial charge < -0.3 is 20.1 Å². The summed E-state index contributed by atoms with van der Waals surface area (Å²) >= 11 is 0. The lowest BCUT2D eigenvalue weighted by atomic mass is 10.1. The summed E-state index contributed by atoms with van der Waals surface area (Å²) in [6, 6.07) is 8.19. The van der Waals surface area contributed by atoms with E-state index < -0.39 is 6.10 Å². The van der Waals surface area contributed by atoms with E-state index in [1.807, 2.05) is 24.3 Å². The molecule has 0 saturated carbocycles. The summed E-state index contributed by atoms with van der Waals surface area (Å²) in [7, 11) is 3.79. The molecule has 1 aromatic rings. The fourth-order valence-corrected chi connectivity index (χ4v) is 2.07. The molecule has 0 aliphatic carbocycles. The smallest absolute Gasteiger partial charge is 0.119 e. The summed E-state index contributed by atoms with van der Waals surface area (Å²) in [5.41, 5.74) is 0.890. The molecule has 1 rings (SSSR count). The minimum atomic E-state index is -0.488. The summed E-state index contributed by atoms with van der Waals surface area (Å²) in [6.45, 7) is 7.06. The molecule has 0 heterocycles. The topological polar surface area (TPSA) is 44.7 Å². The highest BCUT2D eigenvalue weighted by atomic mass is 16.5. The molecular weight excluding hydrogens is 264 g/mol. The molecule has 0 bridgehead atoms. The molecule has 0 fully saturated rings. The molecule has 0 amide bonds. The van der Waals surface area contributed by atoms with Crippen molar-refractivity contribution >= 4 is 0 Å². The van der Waals surface area contributed by atoms with Gasteiger partial charge in [-0.3, -0.25) is 0 Å². The van der Waals surface area contributed by atoms with Crippen LogP contribution in [0, 0.1) is 0 Å². The average molecular weight is 294 g/mol. The summed E-state index contributed by atoms with van der Waals surface area (Å²) in [4.78, 5) is 2.35. The number of hydrogen-bond donors (Lipinski definition) is 2. The van der Waals surface area contributed by atoms with Gasteiger partial charge in [-0.15, -0.1) is 0 Å². The van der Waals surface area contributed by atoms with Gasteiger partial charge in [0.15, 0.2) is 0 Å². The van der Waals surface area contributed by atoms with Crippen molar-refractivity contribution in [1.82, 2.24) is 10.2 Å². The van der Waals surface area contributed by atoms with E-state index in [1.165, 1.54) is 6.42 Å². The van der Waals surface area contributed by atoms with Gasteiger partial charge in [0, 0.05) is 12.6 Å². The first-order chi connectivity index (χ1) is 10.0. The third-order valence-electron chi connectivity index (χ3n) is 3.81. The number of aliphatic hydroxyl groups excluding tert-OH is 1. The van der Waals surface area contributed by atoms with Crippen LogP contribution in [0.5, 0.6) is 5.75 Å². The van der Waals surface area contributed by atoms with Crippen LogP contribution < -0.4 is 10.1 Å². The lowest BCUT2D eigenvalue weighted by molar-refractivity contribution is 0.174. The molecule has 0 aromatic heterocycles. The Hall–Kier alpha value is -1.10. The number of nitrogens with zero attached hydrogens (tertiary/aromatic N) is 1. The predicted molar refractivity (Wildman–Crippen MR) is 87.8 cm³/mol. The number of unbranched alkanes of at least 4 members (excludes halogenated alkanes) is 1. The summed E-state index contributed by atoms with van der Waals surface area (Å²) in [5.74, 6) is 0.781. The van der Waals surface area contributed by atoms with Crippen LogP contribution in [0.25, 0.3) is 0 Å². The molecule has 0 spiro atoms. The first-order valence-corrected chi connectivity index (χ1v) is 7.77. The van der Waals surface area contributed by atoms with Gasteiger partial charge in [-0.25, -0.2) is 0 Å². The minimum absolute atomic E-state index is 0.488. The summed E-state index contributed by atoms with van der Waals surface area (Å²) in [6.07, 6.45) is 1.82. The lowest BCUT2D eigenvalue weighted by Gasteiger charge is -2.20. The number of methoxy groups -OCH3 is 1. The Morgan fingerprint density at radius 3 is 2.71 bits per heavy atom. The largest absolute Gasteiger partial charge is 0.497 e. The highest BCUT2D eigenvalue weighted by Gasteiger charge is 2.08. The molecule has 0 aliphatic heterocycles. The van der Waals surface area contributed by atoms with Crippen LogP contribution in [0.4, 0.5) is 0 Å². The van der Waals surface area contributed by atoms with Gasteiger partial charge in [0.2, 0.25) is 0 Å².